The Labute approximate surface area is 128 Å². The third kappa shape index (κ3) is 3.78. The van der Waals surface area contributed by atoms with E-state index in [1.54, 1.807) is 12.1 Å². The van der Waals surface area contributed by atoms with Crippen LogP contribution < -0.4 is 20.7 Å². The van der Waals surface area contributed by atoms with Crippen molar-refractivity contribution in [3.63, 3.8) is 0 Å². The Kier molecular flexibility index (Phi) is 4.90. The van der Waals surface area contributed by atoms with Crippen LogP contribution in [-0.4, -0.2) is 24.6 Å². The van der Waals surface area contributed by atoms with Crippen LogP contribution in [0.3, 0.4) is 0 Å². The third-order valence-corrected chi connectivity index (χ3v) is 3.58. The minimum absolute atomic E-state index is 0.0476. The van der Waals surface area contributed by atoms with E-state index in [0.29, 0.717) is 22.1 Å². The molecule has 0 saturated heterocycles. The lowest BCUT2D eigenvalue weighted by Crippen LogP contribution is -2.37. The number of halogens is 1. The van der Waals surface area contributed by atoms with E-state index >= 15 is 0 Å². The zero-order valence-electron chi connectivity index (χ0n) is 12.0. The van der Waals surface area contributed by atoms with Gasteiger partial charge < -0.3 is 20.7 Å². The number of nitrogens with one attached hydrogen (secondary N) is 3. The summed E-state index contributed by atoms with van der Waals surface area (Å²) in [5, 5.41) is 8.54. The second-order valence-corrected chi connectivity index (χ2v) is 5.18. The number of benzene rings is 1. The summed E-state index contributed by atoms with van der Waals surface area (Å²) in [6.07, 6.45) is 1.72. The number of hydrogen-bond donors (Lipinski definition) is 3. The van der Waals surface area contributed by atoms with Gasteiger partial charge in [-0.3, -0.25) is 4.79 Å². The van der Waals surface area contributed by atoms with E-state index in [9.17, 15) is 9.59 Å². The lowest BCUT2D eigenvalue weighted by Gasteiger charge is -2.20. The number of amides is 3. The Balaban J connectivity index is 2.10. The fourth-order valence-corrected chi connectivity index (χ4v) is 2.24. The van der Waals surface area contributed by atoms with Crippen LogP contribution in [0.2, 0.25) is 5.02 Å². The first-order chi connectivity index (χ1) is 10.0. The molecule has 0 aliphatic carbocycles. The average molecular weight is 312 g/mol. The zero-order chi connectivity index (χ0) is 15.4. The van der Waals surface area contributed by atoms with Crippen molar-refractivity contribution in [3.8, 4) is 5.75 Å². The predicted octanol–water partition coefficient (Wildman–Crippen LogP) is 2.98. The van der Waals surface area contributed by atoms with Crippen LogP contribution in [0.5, 0.6) is 5.75 Å². The van der Waals surface area contributed by atoms with E-state index in [0.717, 1.165) is 12.8 Å². The van der Waals surface area contributed by atoms with E-state index in [1.165, 1.54) is 0 Å². The second kappa shape index (κ2) is 6.67. The molecule has 0 aromatic heterocycles. The molecule has 21 heavy (non-hydrogen) atoms. The number of ether oxygens (including phenoxy) is 1. The number of urea groups is 1. The van der Waals surface area contributed by atoms with Crippen molar-refractivity contribution in [2.24, 2.45) is 0 Å². The summed E-state index contributed by atoms with van der Waals surface area (Å²) in [6, 6.07) is 2.96. The summed E-state index contributed by atoms with van der Waals surface area (Å²) in [5.74, 6) is 0.252. The molecule has 0 saturated carbocycles. The molecule has 1 heterocycles. The highest BCUT2D eigenvalue weighted by atomic mass is 35.5. The summed E-state index contributed by atoms with van der Waals surface area (Å²) in [5.41, 5.74) is 0.942. The van der Waals surface area contributed by atoms with Crippen molar-refractivity contribution in [2.45, 2.75) is 32.7 Å². The Hall–Kier alpha value is -1.95. The number of rotatable bonds is 4. The van der Waals surface area contributed by atoms with Gasteiger partial charge in [-0.15, -0.1) is 0 Å². The predicted molar refractivity (Wildman–Crippen MR) is 82.1 cm³/mol. The molecular weight excluding hydrogens is 294 g/mol. The van der Waals surface area contributed by atoms with Gasteiger partial charge in [-0.1, -0.05) is 25.4 Å². The largest absolute Gasteiger partial charge is 0.482 e. The van der Waals surface area contributed by atoms with Gasteiger partial charge in [0.15, 0.2) is 6.61 Å². The number of carbonyl (C=O) groups is 2. The monoisotopic (exact) mass is 311 g/mol. The van der Waals surface area contributed by atoms with Crippen molar-refractivity contribution in [1.82, 2.24) is 5.32 Å². The first-order valence-electron chi connectivity index (χ1n) is 6.87. The highest BCUT2D eigenvalue weighted by molar-refractivity contribution is 6.34. The number of hydrogen-bond acceptors (Lipinski definition) is 3. The van der Waals surface area contributed by atoms with Crippen LogP contribution in [0.25, 0.3) is 0 Å². The Morgan fingerprint density at radius 1 is 1.43 bits per heavy atom. The fraction of sp³-hybridized carbons (Fsp3) is 0.429. The molecule has 6 nitrogen and oxygen atoms in total. The van der Waals surface area contributed by atoms with E-state index in [1.807, 2.05) is 13.8 Å². The maximum absolute atomic E-state index is 11.9. The van der Waals surface area contributed by atoms with Crippen LogP contribution in [0.15, 0.2) is 12.1 Å². The van der Waals surface area contributed by atoms with E-state index in [4.69, 9.17) is 16.3 Å². The molecule has 0 radical (unpaired) electrons. The SMILES string of the molecule is CCC(CC)NC(=O)Nc1cc2c(cc1Cl)NC(=O)CO2. The van der Waals surface area contributed by atoms with E-state index in [-0.39, 0.29) is 24.6 Å². The molecule has 1 aromatic carbocycles. The van der Waals surface area contributed by atoms with Crippen LogP contribution in [0.4, 0.5) is 16.2 Å². The topological polar surface area (TPSA) is 79.5 Å². The molecule has 3 N–H and O–H groups in total. The average Bonchev–Trinajstić information content (AvgIpc) is 2.45. The maximum atomic E-state index is 11.9. The highest BCUT2D eigenvalue weighted by Crippen LogP contribution is 2.36. The third-order valence-electron chi connectivity index (χ3n) is 3.27. The van der Waals surface area contributed by atoms with Gasteiger partial charge in [0.05, 0.1) is 16.4 Å². The van der Waals surface area contributed by atoms with Crippen molar-refractivity contribution in [2.75, 3.05) is 17.2 Å². The van der Waals surface area contributed by atoms with Gasteiger partial charge in [0.25, 0.3) is 5.91 Å². The smallest absolute Gasteiger partial charge is 0.319 e. The lowest BCUT2D eigenvalue weighted by atomic mass is 10.2. The van der Waals surface area contributed by atoms with Gasteiger partial charge in [0.1, 0.15) is 5.75 Å². The summed E-state index contributed by atoms with van der Waals surface area (Å²) >= 11 is 6.11. The van der Waals surface area contributed by atoms with Crippen LogP contribution in [0.1, 0.15) is 26.7 Å². The number of fused-ring (bicyclic) bond motifs is 1. The fourth-order valence-electron chi connectivity index (χ4n) is 2.03. The standard InChI is InChI=1S/C14H18ClN3O3/c1-3-8(4-2)16-14(20)18-10-6-12-11(5-9(10)15)17-13(19)7-21-12/h5-6,8H,3-4,7H2,1-2H3,(H,17,19)(H2,16,18,20). The lowest BCUT2D eigenvalue weighted by molar-refractivity contribution is -0.118. The van der Waals surface area contributed by atoms with Crippen molar-refractivity contribution in [1.29, 1.82) is 0 Å². The highest BCUT2D eigenvalue weighted by Gasteiger charge is 2.19. The minimum atomic E-state index is -0.314. The van der Waals surface area contributed by atoms with Crippen molar-refractivity contribution < 1.29 is 14.3 Å². The van der Waals surface area contributed by atoms with Crippen LogP contribution >= 0.6 is 11.6 Å². The van der Waals surface area contributed by atoms with E-state index < -0.39 is 0 Å². The van der Waals surface area contributed by atoms with E-state index in [2.05, 4.69) is 16.0 Å². The summed E-state index contributed by atoms with van der Waals surface area (Å²) < 4.78 is 5.29. The van der Waals surface area contributed by atoms with Gasteiger partial charge in [-0.25, -0.2) is 4.79 Å². The van der Waals surface area contributed by atoms with Crippen molar-refractivity contribution >= 4 is 34.9 Å². The Bertz CT molecular complexity index is 559. The van der Waals surface area contributed by atoms with Gasteiger partial charge in [-0.2, -0.15) is 0 Å². The first-order valence-corrected chi connectivity index (χ1v) is 7.25. The van der Waals surface area contributed by atoms with Gasteiger partial charge in [0.2, 0.25) is 0 Å². The first kappa shape index (κ1) is 15.4. The molecule has 1 aliphatic rings. The molecule has 1 aliphatic heterocycles. The maximum Gasteiger partial charge on any atom is 0.319 e. The van der Waals surface area contributed by atoms with Crippen LogP contribution in [-0.2, 0) is 4.79 Å². The zero-order valence-corrected chi connectivity index (χ0v) is 12.7. The molecule has 0 atom stereocenters. The molecule has 0 bridgehead atoms. The quantitative estimate of drug-likeness (QED) is 0.799. The summed E-state index contributed by atoms with van der Waals surface area (Å²) in [4.78, 5) is 23.1. The van der Waals surface area contributed by atoms with Gasteiger partial charge in [-0.05, 0) is 18.9 Å². The Morgan fingerprint density at radius 2 is 2.14 bits per heavy atom. The number of carbonyl (C=O) groups excluding carboxylic acids is 2. The summed E-state index contributed by atoms with van der Waals surface area (Å²) in [7, 11) is 0. The van der Waals surface area contributed by atoms with Crippen molar-refractivity contribution in [3.05, 3.63) is 17.2 Å². The second-order valence-electron chi connectivity index (χ2n) is 4.78. The molecule has 0 unspecified atom stereocenters. The molecule has 0 spiro atoms. The summed E-state index contributed by atoms with van der Waals surface area (Å²) in [6.45, 7) is 3.97. The van der Waals surface area contributed by atoms with Gasteiger partial charge >= 0.3 is 6.03 Å². The molecular formula is C14H18ClN3O3. The number of anilines is 2. The molecule has 114 valence electrons. The molecule has 2 rings (SSSR count). The molecule has 1 aromatic rings. The van der Waals surface area contributed by atoms with Crippen LogP contribution in [0, 0.1) is 0 Å². The Morgan fingerprint density at radius 3 is 2.81 bits per heavy atom. The van der Waals surface area contributed by atoms with Gasteiger partial charge in [0, 0.05) is 12.1 Å². The minimum Gasteiger partial charge on any atom is -0.482 e. The molecule has 3 amide bonds. The molecule has 7 heteroatoms. The normalized spacial score (nSPS) is 13.2. The molecule has 0 fully saturated rings.